The molecule has 0 fully saturated rings. The lowest BCUT2D eigenvalue weighted by atomic mass is 10.0. The van der Waals surface area contributed by atoms with Gasteiger partial charge >= 0.3 is 0 Å². The Bertz CT molecular complexity index is 1200. The Morgan fingerprint density at radius 1 is 1.23 bits per heavy atom. The largest absolute Gasteiger partial charge is 0.493 e. The summed E-state index contributed by atoms with van der Waals surface area (Å²) in [6.07, 6.45) is 1.55. The predicted octanol–water partition coefficient (Wildman–Crippen LogP) is 6.15. The van der Waals surface area contributed by atoms with Crippen LogP contribution in [0.3, 0.4) is 0 Å². The van der Waals surface area contributed by atoms with E-state index in [9.17, 15) is 19.8 Å². The second-order valence-corrected chi connectivity index (χ2v) is 7.25. The summed E-state index contributed by atoms with van der Waals surface area (Å²) in [5.74, 6) is 0.297. The number of nitro groups is 1. The lowest BCUT2D eigenvalue weighted by molar-refractivity contribution is -0.384. The van der Waals surface area contributed by atoms with Crippen LogP contribution in [-0.4, -0.2) is 12.0 Å². The second kappa shape index (κ2) is 9.87. The number of nitrogens with zero attached hydrogens (tertiary/aromatic N) is 2. The quantitative estimate of drug-likeness (QED) is 0.174. The first-order chi connectivity index (χ1) is 14.9. The van der Waals surface area contributed by atoms with Gasteiger partial charge in [-0.25, -0.2) is 4.39 Å². The molecule has 0 spiro atoms. The third-order valence-electron chi connectivity index (χ3n) is 4.35. The number of benzene rings is 3. The Morgan fingerprint density at radius 2 is 2.00 bits per heavy atom. The van der Waals surface area contributed by atoms with Gasteiger partial charge in [0, 0.05) is 17.7 Å². The van der Waals surface area contributed by atoms with Gasteiger partial charge in [-0.05, 0) is 51.3 Å². The minimum absolute atomic E-state index is 0.0233. The van der Waals surface area contributed by atoms with E-state index >= 15 is 0 Å². The highest BCUT2D eigenvalue weighted by Gasteiger charge is 2.14. The summed E-state index contributed by atoms with van der Waals surface area (Å²) in [7, 11) is 1.47. The van der Waals surface area contributed by atoms with E-state index in [-0.39, 0.29) is 23.4 Å². The van der Waals surface area contributed by atoms with Gasteiger partial charge in [0.15, 0.2) is 11.5 Å². The van der Waals surface area contributed by atoms with E-state index in [1.54, 1.807) is 42.5 Å². The Morgan fingerprint density at radius 3 is 2.68 bits per heavy atom. The van der Waals surface area contributed by atoms with Crippen molar-refractivity contribution in [1.29, 1.82) is 5.26 Å². The fourth-order valence-electron chi connectivity index (χ4n) is 2.90. The number of hydrogen-bond donors (Lipinski definition) is 0. The molecule has 156 valence electrons. The lowest BCUT2D eigenvalue weighted by Gasteiger charge is -2.14. The number of allylic oxidation sites excluding steroid dienone is 1. The number of hydrogen-bond acceptors (Lipinski definition) is 5. The van der Waals surface area contributed by atoms with Crippen molar-refractivity contribution in [2.24, 2.45) is 0 Å². The van der Waals surface area contributed by atoms with Gasteiger partial charge in [-0.3, -0.25) is 10.1 Å². The van der Waals surface area contributed by atoms with E-state index in [4.69, 9.17) is 9.47 Å². The van der Waals surface area contributed by atoms with Gasteiger partial charge in [0.2, 0.25) is 0 Å². The summed E-state index contributed by atoms with van der Waals surface area (Å²) in [4.78, 5) is 10.5. The Balaban J connectivity index is 1.90. The first-order valence-corrected chi connectivity index (χ1v) is 9.82. The molecule has 0 unspecified atom stereocenters. The van der Waals surface area contributed by atoms with Crippen molar-refractivity contribution in [2.75, 3.05) is 7.11 Å². The minimum Gasteiger partial charge on any atom is -0.493 e. The van der Waals surface area contributed by atoms with E-state index in [1.165, 1.54) is 31.4 Å². The topological polar surface area (TPSA) is 85.4 Å². The summed E-state index contributed by atoms with van der Waals surface area (Å²) < 4.78 is 25.9. The number of rotatable bonds is 7. The predicted molar refractivity (Wildman–Crippen MR) is 118 cm³/mol. The number of nitro benzene ring substituents is 1. The normalized spacial score (nSPS) is 11.0. The highest BCUT2D eigenvalue weighted by molar-refractivity contribution is 9.10. The molecule has 0 aliphatic carbocycles. The van der Waals surface area contributed by atoms with Crippen LogP contribution < -0.4 is 9.47 Å². The van der Waals surface area contributed by atoms with Crippen LogP contribution in [0.5, 0.6) is 11.5 Å². The first-order valence-electron chi connectivity index (χ1n) is 9.03. The van der Waals surface area contributed by atoms with Gasteiger partial charge in [-0.15, -0.1) is 0 Å². The minimum atomic E-state index is -0.488. The maximum Gasteiger partial charge on any atom is 0.269 e. The summed E-state index contributed by atoms with van der Waals surface area (Å²) in [5, 5.41) is 20.4. The molecule has 0 bridgehead atoms. The maximum atomic E-state index is 14.1. The Hall–Kier alpha value is -3.70. The molecule has 0 N–H and O–H groups in total. The van der Waals surface area contributed by atoms with Crippen molar-refractivity contribution in [3.05, 3.63) is 97.8 Å². The molecule has 0 saturated carbocycles. The number of ether oxygens (including phenoxy) is 2. The fraction of sp³-hybridized carbons (Fsp3) is 0.0870. The van der Waals surface area contributed by atoms with Crippen molar-refractivity contribution >= 4 is 33.3 Å². The lowest BCUT2D eigenvalue weighted by Crippen LogP contribution is -2.00. The maximum absolute atomic E-state index is 14.1. The summed E-state index contributed by atoms with van der Waals surface area (Å²) in [5.41, 5.74) is 1.57. The van der Waals surface area contributed by atoms with E-state index in [0.29, 0.717) is 27.1 Å². The van der Waals surface area contributed by atoms with Gasteiger partial charge in [-0.2, -0.15) is 5.26 Å². The van der Waals surface area contributed by atoms with Crippen molar-refractivity contribution < 1.29 is 18.8 Å². The molecule has 0 heterocycles. The molecule has 3 aromatic carbocycles. The van der Waals surface area contributed by atoms with Crippen LogP contribution in [0.1, 0.15) is 16.7 Å². The zero-order chi connectivity index (χ0) is 22.4. The van der Waals surface area contributed by atoms with Crippen LogP contribution in [0.2, 0.25) is 0 Å². The molecule has 0 atom stereocenters. The molecule has 6 nitrogen and oxygen atoms in total. The smallest absolute Gasteiger partial charge is 0.269 e. The molecule has 8 heteroatoms. The number of halogens is 2. The van der Waals surface area contributed by atoms with E-state index in [1.807, 2.05) is 6.07 Å². The van der Waals surface area contributed by atoms with Crippen molar-refractivity contribution in [2.45, 2.75) is 6.61 Å². The highest BCUT2D eigenvalue weighted by atomic mass is 79.9. The first kappa shape index (κ1) is 22.0. The van der Waals surface area contributed by atoms with Crippen LogP contribution >= 0.6 is 15.9 Å². The molecule has 3 rings (SSSR count). The van der Waals surface area contributed by atoms with E-state index in [2.05, 4.69) is 15.9 Å². The molecule has 31 heavy (non-hydrogen) atoms. The van der Waals surface area contributed by atoms with Gasteiger partial charge in [-0.1, -0.05) is 30.3 Å². The number of methoxy groups -OCH3 is 1. The standard InChI is InChI=1S/C23H16BrFN2O4/c1-30-22-12-16(9-17(13-26)19-7-2-3-8-21(19)25)11-20(24)23(22)31-14-15-5-4-6-18(10-15)27(28)29/h2-12H,14H2,1H3/b17-9-. The molecular formula is C23H16BrFN2O4. The molecule has 0 amide bonds. The average molecular weight is 483 g/mol. The van der Waals surface area contributed by atoms with Gasteiger partial charge in [0.05, 0.1) is 28.1 Å². The van der Waals surface area contributed by atoms with Crippen LogP contribution in [-0.2, 0) is 6.61 Å². The molecular weight excluding hydrogens is 467 g/mol. The highest BCUT2D eigenvalue weighted by Crippen LogP contribution is 2.38. The van der Waals surface area contributed by atoms with Crippen molar-refractivity contribution in [1.82, 2.24) is 0 Å². The fourth-order valence-corrected chi connectivity index (χ4v) is 3.47. The number of nitriles is 1. The zero-order valence-electron chi connectivity index (χ0n) is 16.3. The van der Waals surface area contributed by atoms with Crippen LogP contribution in [0.15, 0.2) is 65.1 Å². The van der Waals surface area contributed by atoms with Crippen molar-refractivity contribution in [3.8, 4) is 17.6 Å². The van der Waals surface area contributed by atoms with Crippen LogP contribution in [0.4, 0.5) is 10.1 Å². The Kier molecular flexibility index (Phi) is 7.00. The van der Waals surface area contributed by atoms with Crippen LogP contribution in [0, 0.1) is 27.3 Å². The average Bonchev–Trinajstić information content (AvgIpc) is 2.77. The molecule has 0 aromatic heterocycles. The zero-order valence-corrected chi connectivity index (χ0v) is 17.9. The SMILES string of the molecule is COc1cc(/C=C(/C#N)c2ccccc2F)cc(Br)c1OCc1cccc([N+](=O)[O-])c1. The summed E-state index contributed by atoms with van der Waals surface area (Å²) >= 11 is 3.43. The van der Waals surface area contributed by atoms with Crippen LogP contribution in [0.25, 0.3) is 11.6 Å². The molecule has 0 saturated heterocycles. The van der Waals surface area contributed by atoms with Crippen molar-refractivity contribution in [3.63, 3.8) is 0 Å². The molecule has 0 aliphatic heterocycles. The summed E-state index contributed by atoms with van der Waals surface area (Å²) in [6.45, 7) is 0.0878. The summed E-state index contributed by atoms with van der Waals surface area (Å²) in [6, 6.07) is 17.6. The number of non-ortho nitro benzene ring substituents is 1. The van der Waals surface area contributed by atoms with Gasteiger partial charge in [0.1, 0.15) is 12.4 Å². The molecule has 3 aromatic rings. The second-order valence-electron chi connectivity index (χ2n) is 6.40. The van der Waals surface area contributed by atoms with Gasteiger partial charge in [0.25, 0.3) is 5.69 Å². The third-order valence-corrected chi connectivity index (χ3v) is 4.94. The van der Waals surface area contributed by atoms with E-state index < -0.39 is 10.7 Å². The van der Waals surface area contributed by atoms with Gasteiger partial charge < -0.3 is 9.47 Å². The molecule has 0 radical (unpaired) electrons. The monoisotopic (exact) mass is 482 g/mol. The third kappa shape index (κ3) is 5.27. The molecule has 0 aliphatic rings. The van der Waals surface area contributed by atoms with E-state index in [0.717, 1.165) is 0 Å². The Labute approximate surface area is 186 Å².